The van der Waals surface area contributed by atoms with Crippen LogP contribution in [0.1, 0.15) is 56.1 Å². The average molecular weight is 361 g/mol. The van der Waals surface area contributed by atoms with Gasteiger partial charge in [-0.15, -0.1) is 11.3 Å². The van der Waals surface area contributed by atoms with Crippen LogP contribution in [0.15, 0.2) is 24.3 Å². The topological polar surface area (TPSA) is 68.0 Å². The Morgan fingerprint density at radius 2 is 2.16 bits per heavy atom. The molecule has 6 heteroatoms. The minimum absolute atomic E-state index is 0.0392. The van der Waals surface area contributed by atoms with Crippen LogP contribution in [0.5, 0.6) is 0 Å². The summed E-state index contributed by atoms with van der Waals surface area (Å²) in [4.78, 5) is 18.4. The first kappa shape index (κ1) is 18.0. The zero-order valence-corrected chi connectivity index (χ0v) is 15.5. The van der Waals surface area contributed by atoms with Gasteiger partial charge < -0.3 is 11.1 Å². The molecule has 0 saturated heterocycles. The zero-order valence-electron chi connectivity index (χ0n) is 14.6. The van der Waals surface area contributed by atoms with E-state index in [2.05, 4.69) is 5.32 Å². The molecule has 4 nitrogen and oxygen atoms in total. The lowest BCUT2D eigenvalue weighted by atomic mass is 9.93. The van der Waals surface area contributed by atoms with Gasteiger partial charge in [-0.3, -0.25) is 4.79 Å². The van der Waals surface area contributed by atoms with E-state index in [1.165, 1.54) is 12.1 Å². The van der Waals surface area contributed by atoms with Gasteiger partial charge in [-0.05, 0) is 56.9 Å². The van der Waals surface area contributed by atoms with Gasteiger partial charge >= 0.3 is 0 Å². The van der Waals surface area contributed by atoms with E-state index in [0.717, 1.165) is 46.8 Å². The molecule has 25 heavy (non-hydrogen) atoms. The number of fused-ring (bicyclic) bond motifs is 1. The van der Waals surface area contributed by atoms with Gasteiger partial charge in [0.1, 0.15) is 10.8 Å². The maximum atomic E-state index is 13.1. The molecule has 0 radical (unpaired) electrons. The molecular formula is C19H24FN3OS. The number of nitrogens with zero attached hydrogens (tertiary/aromatic N) is 1. The number of hydrogen-bond donors (Lipinski definition) is 2. The van der Waals surface area contributed by atoms with E-state index in [0.29, 0.717) is 6.42 Å². The van der Waals surface area contributed by atoms with Crippen molar-refractivity contribution < 1.29 is 9.18 Å². The molecule has 0 fully saturated rings. The Balaban J connectivity index is 1.82. The van der Waals surface area contributed by atoms with Crippen molar-refractivity contribution in [2.45, 2.75) is 57.5 Å². The lowest BCUT2D eigenvalue weighted by Crippen LogP contribution is -2.52. The quantitative estimate of drug-likeness (QED) is 0.847. The third kappa shape index (κ3) is 3.90. The van der Waals surface area contributed by atoms with E-state index in [1.54, 1.807) is 30.4 Å². The van der Waals surface area contributed by atoms with Crippen LogP contribution >= 0.6 is 11.3 Å². The summed E-state index contributed by atoms with van der Waals surface area (Å²) in [6.45, 7) is 3.81. The lowest BCUT2D eigenvalue weighted by molar-refractivity contribution is -0.126. The van der Waals surface area contributed by atoms with Crippen molar-refractivity contribution in [1.29, 1.82) is 0 Å². The summed E-state index contributed by atoms with van der Waals surface area (Å²) in [5, 5.41) is 3.99. The molecule has 1 aromatic heterocycles. The Morgan fingerprint density at radius 1 is 1.44 bits per heavy atom. The van der Waals surface area contributed by atoms with E-state index in [4.69, 9.17) is 10.7 Å². The maximum absolute atomic E-state index is 13.1. The van der Waals surface area contributed by atoms with E-state index < -0.39 is 5.54 Å². The fraction of sp³-hybridized carbons (Fsp3) is 0.474. The van der Waals surface area contributed by atoms with Gasteiger partial charge in [0.05, 0.1) is 22.2 Å². The Morgan fingerprint density at radius 3 is 2.84 bits per heavy atom. The van der Waals surface area contributed by atoms with Crippen LogP contribution in [0.3, 0.4) is 0 Å². The molecule has 1 aromatic carbocycles. The Bertz CT molecular complexity index is 755. The van der Waals surface area contributed by atoms with Gasteiger partial charge in [0.2, 0.25) is 5.91 Å². The third-order valence-corrected chi connectivity index (χ3v) is 5.90. The van der Waals surface area contributed by atoms with Crippen LogP contribution < -0.4 is 11.1 Å². The molecule has 2 aromatic rings. The van der Waals surface area contributed by atoms with Crippen LogP contribution in [-0.4, -0.2) is 16.4 Å². The fourth-order valence-electron chi connectivity index (χ4n) is 3.23. The Hall–Kier alpha value is -1.79. The largest absolute Gasteiger partial charge is 0.347 e. The molecule has 134 valence electrons. The van der Waals surface area contributed by atoms with Crippen LogP contribution in [0.4, 0.5) is 4.39 Å². The first-order valence-corrected chi connectivity index (χ1v) is 9.57. The molecule has 3 rings (SSSR count). The number of halogens is 1. The van der Waals surface area contributed by atoms with Crippen LogP contribution in [0.2, 0.25) is 0 Å². The zero-order chi connectivity index (χ0) is 18.0. The Labute approximate surface area is 151 Å². The summed E-state index contributed by atoms with van der Waals surface area (Å²) in [5.74, 6) is -0.364. The van der Waals surface area contributed by atoms with Crippen LogP contribution in [0, 0.1) is 5.82 Å². The summed E-state index contributed by atoms with van der Waals surface area (Å²) >= 11 is 1.58. The highest BCUT2D eigenvalue weighted by Gasteiger charge is 2.32. The van der Waals surface area contributed by atoms with Gasteiger partial charge in [-0.1, -0.05) is 13.3 Å². The van der Waals surface area contributed by atoms with Crippen molar-refractivity contribution in [2.24, 2.45) is 5.73 Å². The summed E-state index contributed by atoms with van der Waals surface area (Å²) < 4.78 is 13.1. The van der Waals surface area contributed by atoms with Gasteiger partial charge in [0.15, 0.2) is 0 Å². The molecule has 3 N–H and O–H groups in total. The van der Waals surface area contributed by atoms with Crippen molar-refractivity contribution in [1.82, 2.24) is 10.3 Å². The van der Waals surface area contributed by atoms with Gasteiger partial charge in [0.25, 0.3) is 0 Å². The summed E-state index contributed by atoms with van der Waals surface area (Å²) in [7, 11) is 0. The molecule has 1 heterocycles. The molecule has 0 saturated carbocycles. The standard InChI is InChI=1S/C19H24FN3OS/c1-3-11-19(2,21)18(24)23-15-6-4-5-14-16(15)25-17(22-14)12-7-9-13(20)10-8-12/h7-10,15H,3-6,11,21H2,1-2H3,(H,23,24). The smallest absolute Gasteiger partial charge is 0.240 e. The predicted molar refractivity (Wildman–Crippen MR) is 98.8 cm³/mol. The number of rotatable bonds is 5. The summed E-state index contributed by atoms with van der Waals surface area (Å²) in [6.07, 6.45) is 4.31. The highest BCUT2D eigenvalue weighted by atomic mass is 32.1. The second-order valence-corrected chi connectivity index (χ2v) is 7.95. The highest BCUT2D eigenvalue weighted by Crippen LogP contribution is 2.38. The maximum Gasteiger partial charge on any atom is 0.240 e. The number of nitrogens with two attached hydrogens (primary N) is 1. The van der Waals surface area contributed by atoms with Gasteiger partial charge in [0, 0.05) is 5.56 Å². The Kier molecular flexibility index (Phi) is 5.20. The fourth-order valence-corrected chi connectivity index (χ4v) is 4.43. The van der Waals surface area contributed by atoms with Crippen LogP contribution in [0.25, 0.3) is 10.6 Å². The van der Waals surface area contributed by atoms with Gasteiger partial charge in [-0.2, -0.15) is 0 Å². The number of benzene rings is 1. The summed E-state index contributed by atoms with van der Waals surface area (Å²) in [5.41, 5.74) is 7.25. The van der Waals surface area contributed by atoms with Gasteiger partial charge in [-0.25, -0.2) is 9.37 Å². The lowest BCUT2D eigenvalue weighted by Gasteiger charge is -2.28. The number of amides is 1. The molecule has 1 aliphatic rings. The third-order valence-electron chi connectivity index (χ3n) is 4.63. The van der Waals surface area contributed by atoms with Crippen molar-refractivity contribution in [3.8, 4) is 10.6 Å². The second kappa shape index (κ2) is 7.22. The minimum atomic E-state index is -0.850. The number of carbonyl (C=O) groups excluding carboxylic acids is 1. The van der Waals surface area contributed by atoms with E-state index >= 15 is 0 Å². The number of aromatic nitrogens is 1. The van der Waals surface area contributed by atoms with E-state index in [1.807, 2.05) is 6.92 Å². The van der Waals surface area contributed by atoms with Crippen molar-refractivity contribution in [2.75, 3.05) is 0 Å². The van der Waals surface area contributed by atoms with Crippen molar-refractivity contribution >= 4 is 17.2 Å². The molecule has 2 unspecified atom stereocenters. The molecule has 0 spiro atoms. The monoisotopic (exact) mass is 361 g/mol. The highest BCUT2D eigenvalue weighted by molar-refractivity contribution is 7.15. The van der Waals surface area contributed by atoms with E-state index in [9.17, 15) is 9.18 Å². The number of carbonyl (C=O) groups is 1. The normalized spacial score (nSPS) is 19.1. The number of hydrogen-bond acceptors (Lipinski definition) is 4. The first-order valence-electron chi connectivity index (χ1n) is 8.76. The number of thiazole rings is 1. The molecular weight excluding hydrogens is 337 g/mol. The molecule has 1 amide bonds. The van der Waals surface area contributed by atoms with Crippen LogP contribution in [-0.2, 0) is 11.2 Å². The number of aryl methyl sites for hydroxylation is 1. The average Bonchev–Trinajstić information content (AvgIpc) is 3.00. The van der Waals surface area contributed by atoms with E-state index in [-0.39, 0.29) is 17.8 Å². The second-order valence-electron chi connectivity index (χ2n) is 6.92. The van der Waals surface area contributed by atoms with Crippen molar-refractivity contribution in [3.05, 3.63) is 40.7 Å². The molecule has 0 bridgehead atoms. The van der Waals surface area contributed by atoms with Crippen molar-refractivity contribution in [3.63, 3.8) is 0 Å². The first-order chi connectivity index (χ1) is 11.9. The SMILES string of the molecule is CCCC(C)(N)C(=O)NC1CCCc2nc(-c3ccc(F)cc3)sc21. The minimum Gasteiger partial charge on any atom is -0.347 e. The predicted octanol–water partition coefficient (Wildman–Crippen LogP) is 3.96. The number of nitrogens with one attached hydrogen (secondary N) is 1. The molecule has 1 aliphatic carbocycles. The summed E-state index contributed by atoms with van der Waals surface area (Å²) in [6, 6.07) is 6.33. The molecule has 2 atom stereocenters. The molecule has 0 aliphatic heterocycles.